The van der Waals surface area contributed by atoms with Crippen molar-refractivity contribution in [2.75, 3.05) is 24.5 Å². The predicted molar refractivity (Wildman–Crippen MR) is 103 cm³/mol. The van der Waals surface area contributed by atoms with Gasteiger partial charge in [0.15, 0.2) is 0 Å². The van der Waals surface area contributed by atoms with Crippen LogP contribution in [0.5, 0.6) is 0 Å². The molecule has 8 nitrogen and oxygen atoms in total. The zero-order valence-electron chi connectivity index (χ0n) is 16.3. The Hall–Kier alpha value is -2.38. The van der Waals surface area contributed by atoms with E-state index in [1.807, 2.05) is 7.05 Å². The summed E-state index contributed by atoms with van der Waals surface area (Å²) in [5.74, 6) is 3.44. The average molecular weight is 371 g/mol. The van der Waals surface area contributed by atoms with Gasteiger partial charge in [0.05, 0.1) is 11.8 Å². The number of carbonyl (C=O) groups excluding carboxylic acids is 1. The summed E-state index contributed by atoms with van der Waals surface area (Å²) in [5.41, 5.74) is 0.620. The highest BCUT2D eigenvalue weighted by Gasteiger charge is 2.27. The third kappa shape index (κ3) is 4.14. The van der Waals surface area contributed by atoms with Crippen molar-refractivity contribution in [1.29, 1.82) is 0 Å². The summed E-state index contributed by atoms with van der Waals surface area (Å²) in [6, 6.07) is 0. The summed E-state index contributed by atoms with van der Waals surface area (Å²) in [5, 5.41) is 16.1. The fraction of sp³-hybridized carbons (Fsp3) is 0.684. The molecule has 0 bridgehead atoms. The maximum Gasteiger partial charge on any atom is 0.254 e. The van der Waals surface area contributed by atoms with Gasteiger partial charge in [-0.05, 0) is 44.4 Å². The van der Waals surface area contributed by atoms with Crippen LogP contribution in [0.25, 0.3) is 0 Å². The smallest absolute Gasteiger partial charge is 0.254 e. The van der Waals surface area contributed by atoms with Gasteiger partial charge in [-0.3, -0.25) is 14.0 Å². The van der Waals surface area contributed by atoms with Crippen LogP contribution in [0.2, 0.25) is 0 Å². The lowest BCUT2D eigenvalue weighted by Crippen LogP contribution is -2.39. The van der Waals surface area contributed by atoms with E-state index in [4.69, 9.17) is 0 Å². The standard InChI is InChI=1S/C19H29N7O/c1-3-26-17(10-14-4-5-14)22-23-19(26)25-8-6-15(7-9-25)11-20-18(27)16-12-21-24(2)13-16/h12-15H,3-11H2,1-2H3,(H,20,27). The van der Waals surface area contributed by atoms with E-state index in [1.165, 1.54) is 12.8 Å². The van der Waals surface area contributed by atoms with Crippen LogP contribution in [-0.2, 0) is 20.0 Å². The third-order valence-corrected chi connectivity index (χ3v) is 5.71. The number of hydrogen-bond donors (Lipinski definition) is 1. The molecule has 0 radical (unpaired) electrons. The molecule has 0 spiro atoms. The van der Waals surface area contributed by atoms with Crippen molar-refractivity contribution in [3.05, 3.63) is 23.8 Å². The molecular formula is C19H29N7O. The van der Waals surface area contributed by atoms with Crippen molar-refractivity contribution in [3.8, 4) is 0 Å². The largest absolute Gasteiger partial charge is 0.352 e. The molecule has 1 saturated heterocycles. The van der Waals surface area contributed by atoms with Crippen molar-refractivity contribution >= 4 is 11.9 Å². The molecule has 0 unspecified atom stereocenters. The molecule has 3 heterocycles. The van der Waals surface area contributed by atoms with Gasteiger partial charge in [0.1, 0.15) is 5.82 Å². The van der Waals surface area contributed by atoms with Crippen molar-refractivity contribution in [1.82, 2.24) is 29.9 Å². The zero-order chi connectivity index (χ0) is 18.8. The maximum absolute atomic E-state index is 12.2. The number of aryl methyl sites for hydroxylation is 1. The third-order valence-electron chi connectivity index (χ3n) is 5.71. The highest BCUT2D eigenvalue weighted by Crippen LogP contribution is 2.33. The monoisotopic (exact) mass is 371 g/mol. The van der Waals surface area contributed by atoms with Crippen LogP contribution in [0, 0.1) is 11.8 Å². The lowest BCUT2D eigenvalue weighted by molar-refractivity contribution is 0.0945. The molecular weight excluding hydrogens is 342 g/mol. The Morgan fingerprint density at radius 2 is 1.96 bits per heavy atom. The zero-order valence-corrected chi connectivity index (χ0v) is 16.3. The quantitative estimate of drug-likeness (QED) is 0.800. The first-order valence-corrected chi connectivity index (χ1v) is 10.1. The number of piperidine rings is 1. The minimum atomic E-state index is -0.0408. The van der Waals surface area contributed by atoms with Crippen LogP contribution >= 0.6 is 0 Å². The normalized spacial score (nSPS) is 18.1. The van der Waals surface area contributed by atoms with Gasteiger partial charge in [-0.15, -0.1) is 10.2 Å². The number of amides is 1. The SMILES string of the molecule is CCn1c(CC2CC2)nnc1N1CCC(CNC(=O)c2cnn(C)c2)CC1. The number of rotatable bonds is 7. The first-order chi connectivity index (χ1) is 13.1. The van der Waals surface area contributed by atoms with Gasteiger partial charge >= 0.3 is 0 Å². The van der Waals surface area contributed by atoms with Gasteiger partial charge in [-0.1, -0.05) is 0 Å². The van der Waals surface area contributed by atoms with Crippen LogP contribution in [-0.4, -0.2) is 50.1 Å². The Labute approximate surface area is 159 Å². The van der Waals surface area contributed by atoms with Crippen LogP contribution in [0.1, 0.15) is 48.8 Å². The number of hydrogen-bond acceptors (Lipinski definition) is 5. The van der Waals surface area contributed by atoms with Crippen molar-refractivity contribution in [2.45, 2.75) is 45.6 Å². The maximum atomic E-state index is 12.2. The summed E-state index contributed by atoms with van der Waals surface area (Å²) in [7, 11) is 1.82. The number of anilines is 1. The minimum Gasteiger partial charge on any atom is -0.352 e. The first kappa shape index (κ1) is 18.0. The van der Waals surface area contributed by atoms with E-state index < -0.39 is 0 Å². The van der Waals surface area contributed by atoms with E-state index in [9.17, 15) is 4.79 Å². The Bertz CT molecular complexity index is 784. The van der Waals surface area contributed by atoms with Crippen LogP contribution in [0.4, 0.5) is 5.95 Å². The number of nitrogens with one attached hydrogen (secondary N) is 1. The summed E-state index contributed by atoms with van der Waals surface area (Å²) in [4.78, 5) is 14.5. The number of carbonyl (C=O) groups is 1. The molecule has 2 aromatic heterocycles. The molecule has 27 heavy (non-hydrogen) atoms. The second-order valence-corrected chi connectivity index (χ2v) is 7.85. The van der Waals surface area contributed by atoms with Crippen molar-refractivity contribution in [3.63, 3.8) is 0 Å². The van der Waals surface area contributed by atoms with Crippen molar-refractivity contribution < 1.29 is 4.79 Å². The van der Waals surface area contributed by atoms with Crippen molar-refractivity contribution in [2.24, 2.45) is 18.9 Å². The molecule has 8 heteroatoms. The topological polar surface area (TPSA) is 80.9 Å². The predicted octanol–water partition coefficient (Wildman–Crippen LogP) is 1.63. The second-order valence-electron chi connectivity index (χ2n) is 7.85. The highest BCUT2D eigenvalue weighted by molar-refractivity contribution is 5.93. The second kappa shape index (κ2) is 7.70. The molecule has 1 aliphatic heterocycles. The average Bonchev–Trinajstić information content (AvgIpc) is 3.24. The van der Waals surface area contributed by atoms with E-state index in [2.05, 4.69) is 37.0 Å². The van der Waals surface area contributed by atoms with Crippen LogP contribution in [0.15, 0.2) is 12.4 Å². The molecule has 2 fully saturated rings. The first-order valence-electron chi connectivity index (χ1n) is 10.1. The molecule has 1 saturated carbocycles. The molecule has 2 aliphatic rings. The van der Waals surface area contributed by atoms with Crippen LogP contribution < -0.4 is 10.2 Å². The molecule has 146 valence electrons. The van der Waals surface area contributed by atoms with Gasteiger partial charge in [-0.25, -0.2) is 0 Å². The lowest BCUT2D eigenvalue weighted by atomic mass is 9.97. The Balaban J connectivity index is 1.28. The fourth-order valence-corrected chi connectivity index (χ4v) is 3.83. The Kier molecular flexibility index (Phi) is 5.13. The summed E-state index contributed by atoms with van der Waals surface area (Å²) < 4.78 is 3.93. The molecule has 0 atom stereocenters. The van der Waals surface area contributed by atoms with E-state index >= 15 is 0 Å². The minimum absolute atomic E-state index is 0.0408. The van der Waals surface area contributed by atoms with E-state index in [1.54, 1.807) is 17.1 Å². The summed E-state index contributed by atoms with van der Waals surface area (Å²) in [6.07, 6.45) is 9.20. The molecule has 2 aromatic rings. The van der Waals surface area contributed by atoms with Gasteiger partial charge < -0.3 is 10.2 Å². The van der Waals surface area contributed by atoms with Gasteiger partial charge in [0.25, 0.3) is 5.91 Å². The summed E-state index contributed by atoms with van der Waals surface area (Å²) >= 11 is 0. The van der Waals surface area contributed by atoms with Gasteiger partial charge in [-0.2, -0.15) is 5.10 Å². The fourth-order valence-electron chi connectivity index (χ4n) is 3.83. The summed E-state index contributed by atoms with van der Waals surface area (Å²) in [6.45, 7) is 5.74. The van der Waals surface area contributed by atoms with E-state index in [-0.39, 0.29) is 5.91 Å². The highest BCUT2D eigenvalue weighted by atomic mass is 16.1. The lowest BCUT2D eigenvalue weighted by Gasteiger charge is -2.32. The van der Waals surface area contributed by atoms with Gasteiger partial charge in [0, 0.05) is 45.8 Å². The molecule has 0 aromatic carbocycles. The molecule has 1 amide bonds. The molecule has 4 rings (SSSR count). The number of aromatic nitrogens is 5. The molecule has 1 N–H and O–H groups in total. The van der Waals surface area contributed by atoms with Crippen LogP contribution in [0.3, 0.4) is 0 Å². The molecule has 1 aliphatic carbocycles. The number of nitrogens with zero attached hydrogens (tertiary/aromatic N) is 6. The Morgan fingerprint density at radius 1 is 1.19 bits per heavy atom. The Morgan fingerprint density at radius 3 is 2.59 bits per heavy atom. The van der Waals surface area contributed by atoms with Gasteiger partial charge in [0.2, 0.25) is 5.95 Å². The van der Waals surface area contributed by atoms with E-state index in [0.29, 0.717) is 11.5 Å². The van der Waals surface area contributed by atoms with E-state index in [0.717, 1.165) is 63.1 Å².